The van der Waals surface area contributed by atoms with Crippen molar-refractivity contribution in [3.8, 4) is 16.9 Å². The zero-order valence-corrected chi connectivity index (χ0v) is 14.5. The third-order valence-electron chi connectivity index (χ3n) is 4.30. The Morgan fingerprint density at radius 2 is 1.52 bits per heavy atom. The molecule has 0 aliphatic carbocycles. The average molecular weight is 331 g/mol. The summed E-state index contributed by atoms with van der Waals surface area (Å²) in [6.07, 6.45) is 1.21. The van der Waals surface area contributed by atoms with Crippen molar-refractivity contribution in [3.05, 3.63) is 78.0 Å². The minimum atomic E-state index is 0.0548. The van der Waals surface area contributed by atoms with Crippen LogP contribution in [0.3, 0.4) is 0 Å². The number of nitrogens with zero attached hydrogens (tertiary/aromatic N) is 1. The van der Waals surface area contributed by atoms with Crippen molar-refractivity contribution in [3.63, 3.8) is 0 Å². The molecule has 0 N–H and O–H groups in total. The van der Waals surface area contributed by atoms with E-state index in [-0.39, 0.29) is 11.6 Å². The Morgan fingerprint density at radius 1 is 0.840 bits per heavy atom. The van der Waals surface area contributed by atoms with Crippen LogP contribution in [0.25, 0.3) is 16.9 Å². The van der Waals surface area contributed by atoms with E-state index in [9.17, 15) is 9.59 Å². The molecule has 0 bridgehead atoms. The SMILES string of the molecule is CC(=O)CCc1ccc(-c2ccccc2)n1-c1ccc(C(C)=O)cc1. The molecule has 0 fully saturated rings. The Labute approximate surface area is 147 Å². The van der Waals surface area contributed by atoms with Gasteiger partial charge in [-0.05, 0) is 62.2 Å². The minimum absolute atomic E-state index is 0.0548. The van der Waals surface area contributed by atoms with Crippen LogP contribution < -0.4 is 0 Å². The van der Waals surface area contributed by atoms with E-state index in [2.05, 4.69) is 28.8 Å². The molecular weight excluding hydrogens is 310 g/mol. The summed E-state index contributed by atoms with van der Waals surface area (Å²) in [5.74, 6) is 0.236. The van der Waals surface area contributed by atoms with Crippen LogP contribution in [0.5, 0.6) is 0 Å². The highest BCUT2D eigenvalue weighted by atomic mass is 16.1. The van der Waals surface area contributed by atoms with Crippen LogP contribution in [-0.4, -0.2) is 16.1 Å². The van der Waals surface area contributed by atoms with Crippen LogP contribution in [0.2, 0.25) is 0 Å². The fraction of sp³-hybridized carbons (Fsp3) is 0.182. The second-order valence-corrected chi connectivity index (χ2v) is 6.22. The number of hydrogen-bond donors (Lipinski definition) is 0. The van der Waals surface area contributed by atoms with E-state index in [1.54, 1.807) is 13.8 Å². The molecule has 0 spiro atoms. The first kappa shape index (κ1) is 16.9. The van der Waals surface area contributed by atoms with E-state index >= 15 is 0 Å². The van der Waals surface area contributed by atoms with E-state index in [0.717, 1.165) is 22.6 Å². The maximum absolute atomic E-state index is 11.5. The quantitative estimate of drug-likeness (QED) is 0.605. The summed E-state index contributed by atoms with van der Waals surface area (Å²) in [7, 11) is 0. The van der Waals surface area contributed by atoms with Crippen molar-refractivity contribution in [2.24, 2.45) is 0 Å². The van der Waals surface area contributed by atoms with Gasteiger partial charge in [-0.1, -0.05) is 30.3 Å². The van der Waals surface area contributed by atoms with Gasteiger partial charge in [0, 0.05) is 23.4 Å². The Bertz CT molecular complexity index is 890. The average Bonchev–Trinajstić information content (AvgIpc) is 3.04. The van der Waals surface area contributed by atoms with Gasteiger partial charge in [0.25, 0.3) is 0 Å². The molecule has 0 saturated heterocycles. The predicted molar refractivity (Wildman–Crippen MR) is 100 cm³/mol. The van der Waals surface area contributed by atoms with E-state index in [4.69, 9.17) is 0 Å². The van der Waals surface area contributed by atoms with Gasteiger partial charge in [-0.3, -0.25) is 4.79 Å². The highest BCUT2D eigenvalue weighted by molar-refractivity contribution is 5.94. The molecule has 1 heterocycles. The standard InChI is InChI=1S/C22H21NO2/c1-16(24)8-11-20-14-15-22(19-6-4-3-5-7-19)23(20)21-12-9-18(10-13-21)17(2)25/h3-7,9-10,12-15H,8,11H2,1-2H3. The van der Waals surface area contributed by atoms with Crippen molar-refractivity contribution in [1.29, 1.82) is 0 Å². The van der Waals surface area contributed by atoms with Crippen LogP contribution in [0.1, 0.15) is 36.3 Å². The second kappa shape index (κ2) is 7.31. The van der Waals surface area contributed by atoms with Gasteiger partial charge in [-0.25, -0.2) is 0 Å². The number of carbonyl (C=O) groups excluding carboxylic acids is 2. The fourth-order valence-electron chi connectivity index (χ4n) is 2.96. The molecule has 0 aliphatic heterocycles. The van der Waals surface area contributed by atoms with Crippen molar-refractivity contribution < 1.29 is 9.59 Å². The van der Waals surface area contributed by atoms with Crippen LogP contribution in [0.15, 0.2) is 66.7 Å². The Kier molecular flexibility index (Phi) is 4.94. The molecule has 3 aromatic rings. The summed E-state index contributed by atoms with van der Waals surface area (Å²) < 4.78 is 2.17. The number of carbonyl (C=O) groups is 2. The Balaban J connectivity index is 2.08. The van der Waals surface area contributed by atoms with Crippen molar-refractivity contribution >= 4 is 11.6 Å². The largest absolute Gasteiger partial charge is 0.314 e. The van der Waals surface area contributed by atoms with Crippen LogP contribution >= 0.6 is 0 Å². The summed E-state index contributed by atoms with van der Waals surface area (Å²) in [4.78, 5) is 22.9. The molecule has 0 saturated carbocycles. The molecular formula is C22H21NO2. The summed E-state index contributed by atoms with van der Waals surface area (Å²) in [5.41, 5.74) is 4.97. The molecule has 3 rings (SSSR count). The van der Waals surface area contributed by atoms with Gasteiger partial charge < -0.3 is 9.36 Å². The lowest BCUT2D eigenvalue weighted by Crippen LogP contribution is -2.05. The normalized spacial score (nSPS) is 10.6. The number of hydrogen-bond acceptors (Lipinski definition) is 2. The summed E-state index contributed by atoms with van der Waals surface area (Å²) >= 11 is 0. The summed E-state index contributed by atoms with van der Waals surface area (Å²) in [6, 6.07) is 21.9. The Morgan fingerprint density at radius 3 is 2.12 bits per heavy atom. The van der Waals surface area contributed by atoms with Gasteiger partial charge in [-0.15, -0.1) is 0 Å². The van der Waals surface area contributed by atoms with Crippen molar-refractivity contribution in [2.45, 2.75) is 26.7 Å². The highest BCUT2D eigenvalue weighted by Crippen LogP contribution is 2.27. The van der Waals surface area contributed by atoms with Crippen molar-refractivity contribution in [2.75, 3.05) is 0 Å². The number of aryl methyl sites for hydroxylation is 1. The smallest absolute Gasteiger partial charge is 0.159 e. The first-order valence-corrected chi connectivity index (χ1v) is 8.43. The van der Waals surface area contributed by atoms with E-state index in [1.807, 2.05) is 42.5 Å². The molecule has 0 radical (unpaired) electrons. The lowest BCUT2D eigenvalue weighted by atomic mass is 10.1. The monoisotopic (exact) mass is 331 g/mol. The minimum Gasteiger partial charge on any atom is -0.314 e. The van der Waals surface area contributed by atoms with Crippen molar-refractivity contribution in [1.82, 2.24) is 4.57 Å². The molecule has 1 aromatic heterocycles. The van der Waals surface area contributed by atoms with Crippen LogP contribution in [0, 0.1) is 0 Å². The lowest BCUT2D eigenvalue weighted by molar-refractivity contribution is -0.117. The van der Waals surface area contributed by atoms with Gasteiger partial charge in [-0.2, -0.15) is 0 Å². The maximum atomic E-state index is 11.5. The number of benzene rings is 2. The molecule has 3 nitrogen and oxygen atoms in total. The zero-order chi connectivity index (χ0) is 17.8. The molecule has 3 heteroatoms. The number of rotatable bonds is 6. The lowest BCUT2D eigenvalue weighted by Gasteiger charge is -2.14. The molecule has 0 unspecified atom stereocenters. The fourth-order valence-corrected chi connectivity index (χ4v) is 2.96. The number of Topliss-reactive ketones (excluding diaryl/α,β-unsaturated/α-hetero) is 2. The molecule has 0 aliphatic rings. The maximum Gasteiger partial charge on any atom is 0.159 e. The highest BCUT2D eigenvalue weighted by Gasteiger charge is 2.13. The van der Waals surface area contributed by atoms with Crippen LogP contribution in [0.4, 0.5) is 0 Å². The first-order chi connectivity index (χ1) is 12.1. The molecule has 0 amide bonds. The molecule has 25 heavy (non-hydrogen) atoms. The molecule has 2 aromatic carbocycles. The summed E-state index contributed by atoms with van der Waals surface area (Å²) in [5, 5.41) is 0. The van der Waals surface area contributed by atoms with Gasteiger partial charge in [0.2, 0.25) is 0 Å². The van der Waals surface area contributed by atoms with E-state index < -0.39 is 0 Å². The zero-order valence-electron chi connectivity index (χ0n) is 14.5. The van der Waals surface area contributed by atoms with Crippen LogP contribution in [-0.2, 0) is 11.2 Å². The Hall–Kier alpha value is -2.94. The summed E-state index contributed by atoms with van der Waals surface area (Å²) in [6.45, 7) is 3.19. The number of aromatic nitrogens is 1. The number of ketones is 2. The van der Waals surface area contributed by atoms with Gasteiger partial charge in [0.15, 0.2) is 5.78 Å². The van der Waals surface area contributed by atoms with E-state index in [0.29, 0.717) is 18.4 Å². The third kappa shape index (κ3) is 3.77. The van der Waals surface area contributed by atoms with Gasteiger partial charge >= 0.3 is 0 Å². The van der Waals surface area contributed by atoms with Gasteiger partial charge in [0.05, 0.1) is 5.69 Å². The molecule has 0 atom stereocenters. The molecule has 126 valence electrons. The van der Waals surface area contributed by atoms with E-state index in [1.165, 1.54) is 0 Å². The second-order valence-electron chi connectivity index (χ2n) is 6.22. The first-order valence-electron chi connectivity index (χ1n) is 8.43. The predicted octanol–water partition coefficient (Wildman–Crippen LogP) is 4.87. The van der Waals surface area contributed by atoms with Gasteiger partial charge in [0.1, 0.15) is 5.78 Å². The topological polar surface area (TPSA) is 39.1 Å². The third-order valence-corrected chi connectivity index (χ3v) is 4.30.